The first-order chi connectivity index (χ1) is 11.7. The Kier molecular flexibility index (Phi) is 5.62. The van der Waals surface area contributed by atoms with Crippen LogP contribution in [-0.4, -0.2) is 25.0 Å². The van der Waals surface area contributed by atoms with Gasteiger partial charge in [0.25, 0.3) is 0 Å². The number of carbonyl (C=O) groups is 2. The van der Waals surface area contributed by atoms with Crippen LogP contribution < -0.4 is 10.4 Å². The molecule has 0 bridgehead atoms. The average Bonchev–Trinajstić information content (AvgIpc) is 2.51. The molecular formula is C19H22O6. The molecule has 2 rings (SSSR count). The van der Waals surface area contributed by atoms with E-state index >= 15 is 0 Å². The average molecular weight is 346 g/mol. The van der Waals surface area contributed by atoms with Crippen molar-refractivity contribution in [3.05, 3.63) is 39.7 Å². The lowest BCUT2D eigenvalue weighted by molar-refractivity contribution is -0.149. The van der Waals surface area contributed by atoms with Crippen LogP contribution in [0.25, 0.3) is 11.0 Å². The van der Waals surface area contributed by atoms with Crippen LogP contribution in [0.4, 0.5) is 0 Å². The van der Waals surface area contributed by atoms with E-state index in [2.05, 4.69) is 0 Å². The highest BCUT2D eigenvalue weighted by Crippen LogP contribution is 2.31. The highest BCUT2D eigenvalue weighted by Gasteiger charge is 2.26. The van der Waals surface area contributed by atoms with Gasteiger partial charge in [0.2, 0.25) is 0 Å². The lowest BCUT2D eigenvalue weighted by Crippen LogP contribution is -2.30. The van der Waals surface area contributed by atoms with Crippen LogP contribution in [0.3, 0.4) is 0 Å². The number of esters is 1. The fourth-order valence-corrected chi connectivity index (χ4v) is 2.70. The Bertz CT molecular complexity index is 862. The van der Waals surface area contributed by atoms with Gasteiger partial charge in [-0.25, -0.2) is 9.59 Å². The molecule has 0 saturated heterocycles. The minimum absolute atomic E-state index is 0.149. The van der Waals surface area contributed by atoms with Crippen molar-refractivity contribution < 1.29 is 23.5 Å². The molecule has 0 unspecified atom stereocenters. The molecule has 6 nitrogen and oxygen atoms in total. The summed E-state index contributed by atoms with van der Waals surface area (Å²) in [5.74, 6) is -0.452. The number of methoxy groups -OCH3 is 1. The molecule has 134 valence electrons. The van der Waals surface area contributed by atoms with E-state index in [9.17, 15) is 14.4 Å². The van der Waals surface area contributed by atoms with Gasteiger partial charge in [-0.1, -0.05) is 13.8 Å². The Balaban J connectivity index is 2.60. The molecule has 0 radical (unpaired) electrons. The van der Waals surface area contributed by atoms with Crippen LogP contribution in [-0.2, 0) is 9.53 Å². The second-order valence-corrected chi connectivity index (χ2v) is 6.38. The third kappa shape index (κ3) is 4.07. The molecule has 0 aliphatic carbocycles. The fraction of sp³-hybridized carbons (Fsp3) is 0.421. The van der Waals surface area contributed by atoms with Gasteiger partial charge in [-0.2, -0.15) is 0 Å². The van der Waals surface area contributed by atoms with Gasteiger partial charge < -0.3 is 13.9 Å². The number of hydrogen-bond donors (Lipinski definition) is 0. The molecule has 1 heterocycles. The normalized spacial score (nSPS) is 12.2. The van der Waals surface area contributed by atoms with Crippen LogP contribution in [0.2, 0.25) is 0 Å². The number of benzene rings is 1. The summed E-state index contributed by atoms with van der Waals surface area (Å²) in [6.07, 6.45) is -0.420. The zero-order chi connectivity index (χ0) is 18.7. The van der Waals surface area contributed by atoms with Crippen LogP contribution in [0.15, 0.2) is 27.4 Å². The summed E-state index contributed by atoms with van der Waals surface area (Å²) in [4.78, 5) is 35.9. The summed E-state index contributed by atoms with van der Waals surface area (Å²) in [6, 6.07) is 4.68. The van der Waals surface area contributed by atoms with Crippen molar-refractivity contribution in [3.8, 4) is 5.75 Å². The van der Waals surface area contributed by atoms with E-state index in [1.54, 1.807) is 19.1 Å². The molecule has 1 aromatic carbocycles. The Hall–Kier alpha value is -2.63. The number of carbonyl (C=O) groups excluding carboxylic acids is 2. The summed E-state index contributed by atoms with van der Waals surface area (Å²) in [7, 11) is 1.29. The molecule has 6 heteroatoms. The van der Waals surface area contributed by atoms with Crippen molar-refractivity contribution in [1.29, 1.82) is 0 Å². The number of ether oxygens (including phenoxy) is 2. The number of aryl methyl sites for hydroxylation is 1. The van der Waals surface area contributed by atoms with Crippen molar-refractivity contribution in [3.63, 3.8) is 0 Å². The summed E-state index contributed by atoms with van der Waals surface area (Å²) >= 11 is 0. The van der Waals surface area contributed by atoms with Gasteiger partial charge in [0.15, 0.2) is 17.5 Å². The third-order valence-corrected chi connectivity index (χ3v) is 3.85. The first kappa shape index (κ1) is 18.7. The predicted molar refractivity (Wildman–Crippen MR) is 93.1 cm³/mol. The van der Waals surface area contributed by atoms with Crippen LogP contribution >= 0.6 is 0 Å². The largest absolute Gasteiger partial charge is 0.478 e. The predicted octanol–water partition coefficient (Wildman–Crippen LogP) is 3.27. The standard InChI is InChI=1S/C19H22O6/c1-10(2)8-15(19(22)23-5)24-14-7-6-13-11(3)9-16(21)25-18(13)17(14)12(4)20/h6-7,9-10,15H,8H2,1-5H3/t15-/m0/s1. The minimum Gasteiger partial charge on any atom is -0.478 e. The molecule has 2 aromatic rings. The van der Waals surface area contributed by atoms with Crippen LogP contribution in [0.5, 0.6) is 5.75 Å². The number of Topliss-reactive ketones (excluding diaryl/α,β-unsaturated/α-hetero) is 1. The van der Waals surface area contributed by atoms with Crippen molar-refractivity contribution in [2.75, 3.05) is 7.11 Å². The second kappa shape index (κ2) is 7.51. The summed E-state index contributed by atoms with van der Waals surface area (Å²) in [5, 5.41) is 0.649. The maximum Gasteiger partial charge on any atom is 0.347 e. The number of hydrogen-bond acceptors (Lipinski definition) is 6. The lowest BCUT2D eigenvalue weighted by atomic mass is 10.0. The Morgan fingerprint density at radius 3 is 2.48 bits per heavy atom. The Labute approximate surface area is 145 Å². The van der Waals surface area contributed by atoms with Gasteiger partial charge in [0.1, 0.15) is 11.3 Å². The van der Waals surface area contributed by atoms with Gasteiger partial charge in [0.05, 0.1) is 7.11 Å². The van der Waals surface area contributed by atoms with E-state index in [0.29, 0.717) is 17.4 Å². The zero-order valence-electron chi connectivity index (χ0n) is 15.0. The van der Waals surface area contributed by atoms with E-state index < -0.39 is 17.7 Å². The van der Waals surface area contributed by atoms with Gasteiger partial charge in [-0.05, 0) is 43.9 Å². The highest BCUT2D eigenvalue weighted by molar-refractivity contribution is 6.07. The van der Waals surface area contributed by atoms with E-state index in [1.807, 2.05) is 13.8 Å². The second-order valence-electron chi connectivity index (χ2n) is 6.38. The van der Waals surface area contributed by atoms with Gasteiger partial charge >= 0.3 is 11.6 Å². The quantitative estimate of drug-likeness (QED) is 0.453. The highest BCUT2D eigenvalue weighted by atomic mass is 16.6. The maximum atomic E-state index is 12.2. The summed E-state index contributed by atoms with van der Waals surface area (Å²) in [5.41, 5.74) is 0.475. The Morgan fingerprint density at radius 2 is 1.92 bits per heavy atom. The number of rotatable bonds is 6. The molecule has 0 aliphatic heterocycles. The first-order valence-corrected chi connectivity index (χ1v) is 8.07. The molecule has 0 amide bonds. The smallest absolute Gasteiger partial charge is 0.347 e. The van der Waals surface area contributed by atoms with Crippen molar-refractivity contribution in [2.45, 2.75) is 40.2 Å². The van der Waals surface area contributed by atoms with Crippen molar-refractivity contribution in [2.24, 2.45) is 5.92 Å². The van der Waals surface area contributed by atoms with Crippen LogP contribution in [0.1, 0.15) is 43.1 Å². The van der Waals surface area contributed by atoms with Gasteiger partial charge in [-0.15, -0.1) is 0 Å². The molecule has 0 saturated carbocycles. The summed E-state index contributed by atoms with van der Waals surface area (Å²) < 4.78 is 15.8. The topological polar surface area (TPSA) is 82.8 Å². The molecular weight excluding hydrogens is 324 g/mol. The molecule has 0 aliphatic rings. The molecule has 1 atom stereocenters. The molecule has 0 fully saturated rings. The van der Waals surface area contributed by atoms with E-state index in [1.165, 1.54) is 20.1 Å². The zero-order valence-corrected chi connectivity index (χ0v) is 15.0. The first-order valence-electron chi connectivity index (χ1n) is 8.07. The van der Waals surface area contributed by atoms with Crippen molar-refractivity contribution in [1.82, 2.24) is 0 Å². The maximum absolute atomic E-state index is 12.2. The van der Waals surface area contributed by atoms with E-state index in [4.69, 9.17) is 13.9 Å². The molecule has 0 N–H and O–H groups in total. The SMILES string of the molecule is COC(=O)[C@H](CC(C)C)Oc1ccc2c(C)cc(=O)oc2c1C(C)=O. The lowest BCUT2D eigenvalue weighted by Gasteiger charge is -2.20. The molecule has 1 aromatic heterocycles. The summed E-state index contributed by atoms with van der Waals surface area (Å²) in [6.45, 7) is 7.03. The van der Waals surface area contributed by atoms with Crippen LogP contribution in [0, 0.1) is 12.8 Å². The molecule has 25 heavy (non-hydrogen) atoms. The fourth-order valence-electron chi connectivity index (χ4n) is 2.70. The monoisotopic (exact) mass is 346 g/mol. The number of ketones is 1. The van der Waals surface area contributed by atoms with Gasteiger partial charge in [-0.3, -0.25) is 4.79 Å². The minimum atomic E-state index is -0.850. The van der Waals surface area contributed by atoms with E-state index in [0.717, 1.165) is 0 Å². The number of fused-ring (bicyclic) bond motifs is 1. The third-order valence-electron chi connectivity index (χ3n) is 3.85. The van der Waals surface area contributed by atoms with Gasteiger partial charge in [0, 0.05) is 11.5 Å². The molecule has 0 spiro atoms. The van der Waals surface area contributed by atoms with E-state index in [-0.39, 0.29) is 28.6 Å². The Morgan fingerprint density at radius 1 is 1.24 bits per heavy atom. The van der Waals surface area contributed by atoms with Crippen molar-refractivity contribution >= 4 is 22.7 Å².